The van der Waals surface area contributed by atoms with E-state index in [0.29, 0.717) is 12.3 Å². The number of ether oxygens (including phenoxy) is 1. The van der Waals surface area contributed by atoms with Gasteiger partial charge in [-0.25, -0.2) is 0 Å². The maximum Gasteiger partial charge on any atom is 0.257 e. The Morgan fingerprint density at radius 1 is 1.41 bits per heavy atom. The zero-order valence-corrected chi connectivity index (χ0v) is 14.7. The molecule has 0 unspecified atom stereocenters. The summed E-state index contributed by atoms with van der Waals surface area (Å²) in [5, 5.41) is 10.6. The van der Waals surface area contributed by atoms with Crippen LogP contribution < -0.4 is 15.4 Å². The molecule has 0 saturated carbocycles. The fourth-order valence-corrected chi connectivity index (χ4v) is 2.67. The first-order valence-corrected chi connectivity index (χ1v) is 7.52. The Labute approximate surface area is 138 Å². The Hall–Kier alpha value is -1.27. The molecular formula is C15H27ClN4O2. The van der Waals surface area contributed by atoms with Gasteiger partial charge < -0.3 is 15.4 Å². The van der Waals surface area contributed by atoms with Crippen LogP contribution in [0.2, 0.25) is 0 Å². The number of hydrogen-bond acceptors (Lipinski definition) is 4. The molecule has 0 atom stereocenters. The minimum Gasteiger partial charge on any atom is -0.480 e. The van der Waals surface area contributed by atoms with Gasteiger partial charge in [0, 0.05) is 13.6 Å². The van der Waals surface area contributed by atoms with E-state index in [1.807, 2.05) is 20.9 Å². The summed E-state index contributed by atoms with van der Waals surface area (Å²) in [6.07, 6.45) is 2.18. The summed E-state index contributed by atoms with van der Waals surface area (Å²) < 4.78 is 7.38. The van der Waals surface area contributed by atoms with Gasteiger partial charge in [-0.1, -0.05) is 6.92 Å². The lowest BCUT2D eigenvalue weighted by Gasteiger charge is -2.34. The lowest BCUT2D eigenvalue weighted by atomic mass is 9.81. The van der Waals surface area contributed by atoms with Crippen LogP contribution in [0.4, 0.5) is 0 Å². The highest BCUT2D eigenvalue weighted by Crippen LogP contribution is 2.26. The molecule has 0 bridgehead atoms. The number of amides is 1. The second kappa shape index (κ2) is 7.83. The molecule has 22 heavy (non-hydrogen) atoms. The van der Waals surface area contributed by atoms with Crippen LogP contribution in [-0.4, -0.2) is 41.9 Å². The third kappa shape index (κ3) is 4.61. The van der Waals surface area contributed by atoms with Crippen LogP contribution in [0.25, 0.3) is 0 Å². The molecule has 1 saturated heterocycles. The molecule has 0 aromatic carbocycles. The summed E-state index contributed by atoms with van der Waals surface area (Å²) in [6, 6.07) is 0. The molecule has 1 aromatic rings. The van der Waals surface area contributed by atoms with Gasteiger partial charge in [-0.15, -0.1) is 12.4 Å². The number of halogens is 1. The van der Waals surface area contributed by atoms with Crippen molar-refractivity contribution in [1.29, 1.82) is 0 Å². The first-order valence-electron chi connectivity index (χ1n) is 7.52. The van der Waals surface area contributed by atoms with Gasteiger partial charge in [0.2, 0.25) is 0 Å². The summed E-state index contributed by atoms with van der Waals surface area (Å²) in [6.45, 7) is 8.85. The summed E-state index contributed by atoms with van der Waals surface area (Å²) >= 11 is 0. The van der Waals surface area contributed by atoms with E-state index >= 15 is 0 Å². The Morgan fingerprint density at radius 2 is 2.05 bits per heavy atom. The van der Waals surface area contributed by atoms with E-state index in [1.54, 1.807) is 4.68 Å². The van der Waals surface area contributed by atoms with Crippen molar-refractivity contribution >= 4 is 18.3 Å². The second-order valence-electron chi connectivity index (χ2n) is 6.25. The predicted molar refractivity (Wildman–Crippen MR) is 88.6 cm³/mol. The molecule has 2 heterocycles. The van der Waals surface area contributed by atoms with E-state index in [0.717, 1.165) is 37.3 Å². The predicted octanol–water partition coefficient (Wildman–Crippen LogP) is 1.34. The van der Waals surface area contributed by atoms with E-state index in [-0.39, 0.29) is 30.3 Å². The van der Waals surface area contributed by atoms with Crippen LogP contribution in [0.3, 0.4) is 0 Å². The molecule has 2 N–H and O–H groups in total. The highest BCUT2D eigenvalue weighted by molar-refractivity contribution is 5.85. The molecule has 6 nitrogen and oxygen atoms in total. The quantitative estimate of drug-likeness (QED) is 0.855. The first kappa shape index (κ1) is 18.8. The number of rotatable bonds is 5. The number of nitrogens with zero attached hydrogens (tertiary/aromatic N) is 2. The molecule has 1 amide bonds. The van der Waals surface area contributed by atoms with E-state index in [2.05, 4.69) is 22.7 Å². The van der Waals surface area contributed by atoms with Crippen LogP contribution in [0.15, 0.2) is 0 Å². The van der Waals surface area contributed by atoms with Crippen molar-refractivity contribution in [1.82, 2.24) is 20.4 Å². The van der Waals surface area contributed by atoms with Crippen LogP contribution in [0.1, 0.15) is 31.2 Å². The average Bonchev–Trinajstić information content (AvgIpc) is 2.69. The number of nitrogens with one attached hydrogen (secondary N) is 2. The number of aryl methyl sites for hydroxylation is 2. The zero-order chi connectivity index (χ0) is 15.5. The molecule has 126 valence electrons. The molecule has 0 spiro atoms. The van der Waals surface area contributed by atoms with Crippen LogP contribution in [-0.2, 0) is 11.8 Å². The van der Waals surface area contributed by atoms with Crippen molar-refractivity contribution < 1.29 is 9.53 Å². The third-order valence-corrected chi connectivity index (χ3v) is 4.31. The summed E-state index contributed by atoms with van der Waals surface area (Å²) in [7, 11) is 1.87. The van der Waals surface area contributed by atoms with Gasteiger partial charge in [-0.3, -0.25) is 9.48 Å². The molecule has 1 aromatic heterocycles. The number of carbonyl (C=O) groups excluding carboxylic acids is 1. The maximum atomic E-state index is 12.0. The summed E-state index contributed by atoms with van der Waals surface area (Å²) in [4.78, 5) is 12.0. The van der Waals surface area contributed by atoms with E-state index in [1.165, 1.54) is 0 Å². The van der Waals surface area contributed by atoms with E-state index < -0.39 is 0 Å². The summed E-state index contributed by atoms with van der Waals surface area (Å²) in [5.41, 5.74) is 1.94. The van der Waals surface area contributed by atoms with Crippen LogP contribution >= 0.6 is 12.4 Å². The summed E-state index contributed by atoms with van der Waals surface area (Å²) in [5.74, 6) is 0.637. The van der Waals surface area contributed by atoms with Crippen LogP contribution in [0, 0.1) is 19.3 Å². The topological polar surface area (TPSA) is 68.2 Å². The van der Waals surface area contributed by atoms with Gasteiger partial charge in [-0.2, -0.15) is 5.10 Å². The minimum atomic E-state index is -0.0718. The van der Waals surface area contributed by atoms with Crippen molar-refractivity contribution in [3.8, 4) is 5.75 Å². The van der Waals surface area contributed by atoms with Crippen LogP contribution in [0.5, 0.6) is 5.75 Å². The molecule has 2 rings (SSSR count). The fraction of sp³-hybridized carbons (Fsp3) is 0.733. The zero-order valence-electron chi connectivity index (χ0n) is 13.9. The smallest absolute Gasteiger partial charge is 0.257 e. The lowest BCUT2D eigenvalue weighted by molar-refractivity contribution is -0.123. The Morgan fingerprint density at radius 3 is 2.59 bits per heavy atom. The maximum absolute atomic E-state index is 12.0. The normalized spacial score (nSPS) is 16.7. The van der Waals surface area contributed by atoms with Crippen molar-refractivity contribution in [2.75, 3.05) is 26.2 Å². The van der Waals surface area contributed by atoms with Crippen molar-refractivity contribution in [3.05, 3.63) is 11.4 Å². The largest absolute Gasteiger partial charge is 0.480 e. The number of carbonyl (C=O) groups is 1. The molecule has 1 aliphatic rings. The van der Waals surface area contributed by atoms with Gasteiger partial charge in [0.1, 0.15) is 5.69 Å². The second-order valence-corrected chi connectivity index (χ2v) is 6.25. The molecular weight excluding hydrogens is 304 g/mol. The van der Waals surface area contributed by atoms with E-state index in [9.17, 15) is 4.79 Å². The highest BCUT2D eigenvalue weighted by atomic mass is 35.5. The Balaban J connectivity index is 0.00000242. The molecule has 0 radical (unpaired) electrons. The van der Waals surface area contributed by atoms with Gasteiger partial charge in [0.15, 0.2) is 12.4 Å². The first-order chi connectivity index (χ1) is 9.91. The Bertz CT molecular complexity index is 510. The minimum absolute atomic E-state index is 0. The molecule has 1 aliphatic heterocycles. The van der Waals surface area contributed by atoms with Gasteiger partial charge in [0.25, 0.3) is 5.91 Å². The lowest BCUT2D eigenvalue weighted by Crippen LogP contribution is -2.43. The fourth-order valence-electron chi connectivity index (χ4n) is 2.67. The molecule has 1 fully saturated rings. The molecule has 7 heteroatoms. The van der Waals surface area contributed by atoms with Crippen molar-refractivity contribution in [2.45, 2.75) is 33.6 Å². The van der Waals surface area contributed by atoms with Crippen molar-refractivity contribution in [3.63, 3.8) is 0 Å². The SMILES string of the molecule is Cc1nn(C)c(C)c1OCC(=O)NCC1(C)CCNCC1.Cl. The van der Waals surface area contributed by atoms with Gasteiger partial charge in [-0.05, 0) is 45.2 Å². The number of piperidine rings is 1. The number of aromatic nitrogens is 2. The van der Waals surface area contributed by atoms with Gasteiger partial charge >= 0.3 is 0 Å². The third-order valence-electron chi connectivity index (χ3n) is 4.31. The van der Waals surface area contributed by atoms with Gasteiger partial charge in [0.05, 0.1) is 5.69 Å². The van der Waals surface area contributed by atoms with E-state index in [4.69, 9.17) is 4.74 Å². The average molecular weight is 331 g/mol. The molecule has 0 aliphatic carbocycles. The highest BCUT2D eigenvalue weighted by Gasteiger charge is 2.27. The number of hydrogen-bond donors (Lipinski definition) is 2. The van der Waals surface area contributed by atoms with Crippen molar-refractivity contribution in [2.24, 2.45) is 12.5 Å². The Kier molecular flexibility index (Phi) is 6.68. The monoisotopic (exact) mass is 330 g/mol. The standard InChI is InChI=1S/C15H26N4O2.ClH/c1-11-14(12(2)19(4)18-11)21-9-13(20)17-10-15(3)5-7-16-8-6-15;/h16H,5-10H2,1-4H3,(H,17,20);1H.